The van der Waals surface area contributed by atoms with Crippen LogP contribution in [0.1, 0.15) is 92.9 Å². The van der Waals surface area contributed by atoms with Crippen LogP contribution in [0.4, 0.5) is 10.5 Å². The maximum atomic E-state index is 13.3. The van der Waals surface area contributed by atoms with E-state index < -0.39 is 23.5 Å². The van der Waals surface area contributed by atoms with Crippen molar-refractivity contribution < 1.29 is 28.7 Å². The van der Waals surface area contributed by atoms with Gasteiger partial charge in [0.2, 0.25) is 11.8 Å². The minimum absolute atomic E-state index is 0.167. The van der Waals surface area contributed by atoms with E-state index in [0.717, 1.165) is 45.1 Å². The summed E-state index contributed by atoms with van der Waals surface area (Å²) < 4.78 is 8.80. The molecule has 0 spiro atoms. The highest BCUT2D eigenvalue weighted by atomic mass is 32.2. The number of nitrogens with zero attached hydrogens (tertiary/aromatic N) is 2. The minimum atomic E-state index is -0.760. The third kappa shape index (κ3) is 10.0. The van der Waals surface area contributed by atoms with Crippen LogP contribution in [0.15, 0.2) is 18.2 Å². The number of unbranched alkanes of at least 4 members (excludes halogenated alkanes) is 5. The van der Waals surface area contributed by atoms with E-state index in [1.54, 1.807) is 35.0 Å². The van der Waals surface area contributed by atoms with E-state index in [-0.39, 0.29) is 36.0 Å². The number of carbonyl (C=O) groups excluding carboxylic acids is 5. The van der Waals surface area contributed by atoms with Gasteiger partial charge in [0, 0.05) is 50.9 Å². The Hall–Kier alpha value is -3.12. The Balaban J connectivity index is 1.28. The van der Waals surface area contributed by atoms with E-state index >= 15 is 0 Å². The standard InChI is InChI=1S/C30H45N5O6S/c1-30(2,3)41-29(40)35-18-22(19-35)42-32-17-10-8-6-5-7-9-16-31-23-13-11-12-21(20-36)26(23)28(39)34(4)24-14-15-25(37)33-27(24)38/h11-13,20,22,24,31-32H,5-10,14-19H2,1-4H3,(H,33,37,38). The van der Waals surface area contributed by atoms with Crippen LogP contribution in [0.25, 0.3) is 0 Å². The first-order chi connectivity index (χ1) is 20.0. The van der Waals surface area contributed by atoms with Gasteiger partial charge in [0.25, 0.3) is 5.91 Å². The van der Waals surface area contributed by atoms with Gasteiger partial charge in [-0.3, -0.25) is 29.2 Å². The first kappa shape index (κ1) is 33.4. The second-order valence-corrected chi connectivity index (χ2v) is 13.0. The van der Waals surface area contributed by atoms with Crippen LogP contribution in [0.3, 0.4) is 0 Å². The molecule has 0 aliphatic carbocycles. The molecule has 232 valence electrons. The molecule has 0 radical (unpaired) electrons. The molecule has 2 heterocycles. The molecule has 1 unspecified atom stereocenters. The molecule has 2 fully saturated rings. The predicted octanol–water partition coefficient (Wildman–Crippen LogP) is 3.99. The molecular weight excluding hydrogens is 558 g/mol. The van der Waals surface area contributed by atoms with Gasteiger partial charge in [-0.05, 0) is 46.1 Å². The van der Waals surface area contributed by atoms with Crippen molar-refractivity contribution in [3.63, 3.8) is 0 Å². The van der Waals surface area contributed by atoms with Gasteiger partial charge in [0.1, 0.15) is 11.6 Å². The van der Waals surface area contributed by atoms with Crippen LogP contribution in [0.5, 0.6) is 0 Å². The molecule has 1 aromatic carbocycles. The van der Waals surface area contributed by atoms with Gasteiger partial charge in [-0.1, -0.05) is 49.8 Å². The molecule has 3 rings (SSSR count). The van der Waals surface area contributed by atoms with E-state index in [0.29, 0.717) is 36.9 Å². The topological polar surface area (TPSA) is 137 Å². The summed E-state index contributed by atoms with van der Waals surface area (Å²) in [6.45, 7) is 8.64. The number of ether oxygens (including phenoxy) is 1. The van der Waals surface area contributed by atoms with Crippen molar-refractivity contribution in [3.05, 3.63) is 29.3 Å². The SMILES string of the molecule is CN(C(=O)c1c(C=O)cccc1NCCCCCCCCNSC1CN(C(=O)OC(C)(C)C)C1)C1CCC(=O)NC1=O. The van der Waals surface area contributed by atoms with Crippen LogP contribution in [0, 0.1) is 0 Å². The lowest BCUT2D eigenvalue weighted by atomic mass is 10.0. The van der Waals surface area contributed by atoms with E-state index in [4.69, 9.17) is 4.74 Å². The molecular formula is C30H45N5O6S. The Bertz CT molecular complexity index is 1120. The molecule has 2 saturated heterocycles. The molecule has 4 amide bonds. The van der Waals surface area contributed by atoms with Crippen molar-refractivity contribution in [2.45, 2.75) is 89.0 Å². The molecule has 11 nitrogen and oxygen atoms in total. The van der Waals surface area contributed by atoms with E-state index in [9.17, 15) is 24.0 Å². The Morgan fingerprint density at radius 2 is 1.76 bits per heavy atom. The molecule has 2 aliphatic rings. The number of nitrogens with one attached hydrogen (secondary N) is 3. The van der Waals surface area contributed by atoms with Gasteiger partial charge < -0.3 is 19.9 Å². The lowest BCUT2D eigenvalue weighted by Gasteiger charge is -2.39. The van der Waals surface area contributed by atoms with E-state index in [1.165, 1.54) is 11.9 Å². The van der Waals surface area contributed by atoms with Crippen LogP contribution in [-0.4, -0.2) is 90.0 Å². The molecule has 2 aliphatic heterocycles. The van der Waals surface area contributed by atoms with Crippen LogP contribution in [0.2, 0.25) is 0 Å². The zero-order valence-electron chi connectivity index (χ0n) is 25.2. The summed E-state index contributed by atoms with van der Waals surface area (Å²) in [6.07, 6.45) is 7.29. The average Bonchev–Trinajstić information content (AvgIpc) is 2.90. The van der Waals surface area contributed by atoms with Crippen molar-refractivity contribution in [1.82, 2.24) is 19.8 Å². The van der Waals surface area contributed by atoms with Gasteiger partial charge in [-0.15, -0.1) is 0 Å². The van der Waals surface area contributed by atoms with E-state index in [1.807, 2.05) is 20.8 Å². The molecule has 0 aromatic heterocycles. The number of piperidine rings is 1. The Kier molecular flexibility index (Phi) is 12.7. The number of amides is 4. The second kappa shape index (κ2) is 15.9. The summed E-state index contributed by atoms with van der Waals surface area (Å²) in [4.78, 5) is 63.8. The summed E-state index contributed by atoms with van der Waals surface area (Å²) in [5, 5.41) is 5.98. The molecule has 12 heteroatoms. The van der Waals surface area contributed by atoms with Gasteiger partial charge in [0.05, 0.1) is 10.8 Å². The smallest absolute Gasteiger partial charge is 0.410 e. The molecule has 0 bridgehead atoms. The highest BCUT2D eigenvalue weighted by molar-refractivity contribution is 7.98. The van der Waals surface area contributed by atoms with Gasteiger partial charge in [0.15, 0.2) is 6.29 Å². The Morgan fingerprint density at radius 3 is 2.40 bits per heavy atom. The number of likely N-dealkylation sites (tertiary alicyclic amines) is 1. The maximum absolute atomic E-state index is 13.3. The molecule has 1 aromatic rings. The third-order valence-electron chi connectivity index (χ3n) is 7.21. The normalized spacial score (nSPS) is 17.3. The lowest BCUT2D eigenvalue weighted by molar-refractivity contribution is -0.136. The molecule has 0 saturated carbocycles. The summed E-state index contributed by atoms with van der Waals surface area (Å²) in [5.74, 6) is -1.28. The number of anilines is 1. The van der Waals surface area contributed by atoms with Gasteiger partial charge in [-0.2, -0.15) is 0 Å². The summed E-state index contributed by atoms with van der Waals surface area (Å²) >= 11 is 1.70. The average molecular weight is 604 g/mol. The number of carbonyl (C=O) groups is 5. The third-order valence-corrected chi connectivity index (χ3v) is 8.21. The number of rotatable bonds is 15. The highest BCUT2D eigenvalue weighted by Gasteiger charge is 2.35. The van der Waals surface area contributed by atoms with Crippen LogP contribution < -0.4 is 15.4 Å². The van der Waals surface area contributed by atoms with Gasteiger partial charge in [-0.25, -0.2) is 4.79 Å². The van der Waals surface area contributed by atoms with Crippen LogP contribution in [-0.2, 0) is 14.3 Å². The first-order valence-electron chi connectivity index (χ1n) is 14.8. The number of hydrogen-bond acceptors (Lipinski definition) is 9. The number of benzene rings is 1. The lowest BCUT2D eigenvalue weighted by Crippen LogP contribution is -2.54. The molecule has 1 atom stereocenters. The number of imide groups is 1. The highest BCUT2D eigenvalue weighted by Crippen LogP contribution is 2.24. The van der Waals surface area contributed by atoms with E-state index in [2.05, 4.69) is 15.4 Å². The summed E-state index contributed by atoms with van der Waals surface area (Å²) in [5.41, 5.74) is 0.598. The Morgan fingerprint density at radius 1 is 1.10 bits per heavy atom. The zero-order chi connectivity index (χ0) is 30.7. The number of aldehydes is 1. The molecule has 3 N–H and O–H groups in total. The monoisotopic (exact) mass is 603 g/mol. The number of hydrogen-bond donors (Lipinski definition) is 3. The molecule has 42 heavy (non-hydrogen) atoms. The first-order valence-corrected chi connectivity index (χ1v) is 15.7. The fraction of sp³-hybridized carbons (Fsp3) is 0.633. The van der Waals surface area contributed by atoms with Crippen molar-refractivity contribution in [1.29, 1.82) is 0 Å². The van der Waals surface area contributed by atoms with Crippen molar-refractivity contribution in [2.75, 3.05) is 38.5 Å². The van der Waals surface area contributed by atoms with Crippen LogP contribution >= 0.6 is 11.9 Å². The Labute approximate surface area is 253 Å². The fourth-order valence-electron chi connectivity index (χ4n) is 4.84. The zero-order valence-corrected chi connectivity index (χ0v) is 26.0. The minimum Gasteiger partial charge on any atom is -0.444 e. The largest absolute Gasteiger partial charge is 0.444 e. The quantitative estimate of drug-likeness (QED) is 0.118. The van der Waals surface area contributed by atoms with Gasteiger partial charge >= 0.3 is 6.09 Å². The van der Waals surface area contributed by atoms with Crippen molar-refractivity contribution in [3.8, 4) is 0 Å². The second-order valence-electron chi connectivity index (χ2n) is 11.8. The maximum Gasteiger partial charge on any atom is 0.410 e. The van der Waals surface area contributed by atoms with Crippen molar-refractivity contribution >= 4 is 47.7 Å². The fourth-order valence-corrected chi connectivity index (χ4v) is 5.85. The summed E-state index contributed by atoms with van der Waals surface area (Å²) in [6, 6.07) is 4.32. The predicted molar refractivity (Wildman–Crippen MR) is 163 cm³/mol. The number of likely N-dealkylation sites (N-methyl/N-ethyl adjacent to an activating group) is 1. The summed E-state index contributed by atoms with van der Waals surface area (Å²) in [7, 11) is 1.52. The van der Waals surface area contributed by atoms with Crippen molar-refractivity contribution in [2.24, 2.45) is 0 Å².